The Bertz CT molecular complexity index is 456. The monoisotopic (exact) mass is 270 g/mol. The van der Waals surface area contributed by atoms with E-state index in [1.165, 1.54) is 0 Å². The van der Waals surface area contributed by atoms with Crippen LogP contribution in [0.1, 0.15) is 0 Å². The van der Waals surface area contributed by atoms with Crippen LogP contribution in [-0.2, 0) is 4.74 Å². The topological polar surface area (TPSA) is 35.8 Å². The average molecular weight is 271 g/mol. The summed E-state index contributed by atoms with van der Waals surface area (Å²) in [6.45, 7) is 1.14. The Morgan fingerprint density at radius 1 is 1.47 bits per heavy atom. The number of imidazole rings is 1. The fourth-order valence-electron chi connectivity index (χ4n) is 1.26. The predicted molar refractivity (Wildman–Crippen MR) is 60.3 cm³/mol. The number of aromatic nitrogens is 2. The minimum atomic E-state index is 0.550. The molecule has 0 atom stereocenters. The highest BCUT2D eigenvalue weighted by atomic mass is 79.9. The van der Waals surface area contributed by atoms with Gasteiger partial charge < -0.3 is 9.47 Å². The fraction of sp³-hybridized carbons (Fsp3) is 0.300. The normalized spacial score (nSPS) is 10.8. The van der Waals surface area contributed by atoms with Gasteiger partial charge in [-0.25, -0.2) is 4.98 Å². The van der Waals surface area contributed by atoms with Gasteiger partial charge in [-0.3, -0.25) is 4.40 Å². The van der Waals surface area contributed by atoms with Crippen molar-refractivity contribution in [3.63, 3.8) is 0 Å². The van der Waals surface area contributed by atoms with Crippen molar-refractivity contribution in [1.82, 2.24) is 9.38 Å². The Labute approximate surface area is 96.0 Å². The lowest BCUT2D eigenvalue weighted by Crippen LogP contribution is -2.04. The van der Waals surface area contributed by atoms with Gasteiger partial charge in [0.15, 0.2) is 0 Å². The molecule has 0 saturated carbocycles. The Balaban J connectivity index is 2.16. The van der Waals surface area contributed by atoms with Crippen molar-refractivity contribution in [2.75, 3.05) is 20.3 Å². The van der Waals surface area contributed by atoms with Crippen LogP contribution in [0.2, 0.25) is 0 Å². The molecule has 0 saturated heterocycles. The summed E-state index contributed by atoms with van der Waals surface area (Å²) in [5, 5.41) is 0. The molecule has 0 radical (unpaired) electrons. The lowest BCUT2D eigenvalue weighted by Gasteiger charge is -2.05. The van der Waals surface area contributed by atoms with E-state index in [9.17, 15) is 0 Å². The number of methoxy groups -OCH3 is 1. The van der Waals surface area contributed by atoms with Crippen molar-refractivity contribution >= 4 is 21.6 Å². The number of fused-ring (bicyclic) bond motifs is 1. The zero-order valence-corrected chi connectivity index (χ0v) is 9.90. The van der Waals surface area contributed by atoms with Gasteiger partial charge in [-0.2, -0.15) is 0 Å². The first-order valence-electron chi connectivity index (χ1n) is 4.55. The van der Waals surface area contributed by atoms with Gasteiger partial charge in [-0.05, 0) is 22.0 Å². The SMILES string of the molecule is COCCOc1ccn2c(Br)cnc2c1. The highest BCUT2D eigenvalue weighted by Gasteiger charge is 2.01. The second kappa shape index (κ2) is 4.63. The molecule has 5 heteroatoms. The van der Waals surface area contributed by atoms with Gasteiger partial charge in [0, 0.05) is 19.4 Å². The highest BCUT2D eigenvalue weighted by Crippen LogP contribution is 2.18. The number of ether oxygens (including phenoxy) is 2. The molecule has 2 aromatic rings. The van der Waals surface area contributed by atoms with Crippen LogP contribution in [0.3, 0.4) is 0 Å². The quantitative estimate of drug-likeness (QED) is 0.799. The van der Waals surface area contributed by atoms with Crippen molar-refractivity contribution in [2.24, 2.45) is 0 Å². The molecule has 2 heterocycles. The van der Waals surface area contributed by atoms with Gasteiger partial charge in [0.05, 0.1) is 12.8 Å². The summed E-state index contributed by atoms with van der Waals surface area (Å²) in [7, 11) is 1.65. The zero-order valence-electron chi connectivity index (χ0n) is 8.31. The predicted octanol–water partition coefficient (Wildman–Crippen LogP) is 2.12. The summed E-state index contributed by atoms with van der Waals surface area (Å²) >= 11 is 3.39. The second-order valence-electron chi connectivity index (χ2n) is 3.01. The molecule has 0 spiro atoms. The Hall–Kier alpha value is -1.07. The minimum absolute atomic E-state index is 0.550. The van der Waals surface area contributed by atoms with E-state index in [2.05, 4.69) is 20.9 Å². The third-order valence-electron chi connectivity index (χ3n) is 2.00. The molecule has 0 N–H and O–H groups in total. The molecule has 15 heavy (non-hydrogen) atoms. The van der Waals surface area contributed by atoms with E-state index < -0.39 is 0 Å². The molecule has 0 bridgehead atoms. The van der Waals surface area contributed by atoms with Crippen molar-refractivity contribution in [1.29, 1.82) is 0 Å². The van der Waals surface area contributed by atoms with E-state index >= 15 is 0 Å². The average Bonchev–Trinajstić information content (AvgIpc) is 2.61. The zero-order chi connectivity index (χ0) is 10.7. The maximum Gasteiger partial charge on any atom is 0.141 e. The molecule has 0 aliphatic heterocycles. The summed E-state index contributed by atoms with van der Waals surface area (Å²) in [5.41, 5.74) is 0.858. The maximum atomic E-state index is 5.47. The Morgan fingerprint density at radius 2 is 2.33 bits per heavy atom. The first-order valence-corrected chi connectivity index (χ1v) is 5.35. The van der Waals surface area contributed by atoms with E-state index in [1.807, 2.05) is 22.7 Å². The highest BCUT2D eigenvalue weighted by molar-refractivity contribution is 9.10. The molecule has 0 aliphatic rings. The van der Waals surface area contributed by atoms with E-state index in [4.69, 9.17) is 9.47 Å². The van der Waals surface area contributed by atoms with E-state index in [0.717, 1.165) is 16.0 Å². The molecule has 0 amide bonds. The number of halogens is 1. The molecule has 0 aromatic carbocycles. The number of hydrogen-bond acceptors (Lipinski definition) is 3. The lowest BCUT2D eigenvalue weighted by molar-refractivity contribution is 0.146. The van der Waals surface area contributed by atoms with Crippen molar-refractivity contribution in [3.05, 3.63) is 29.1 Å². The third kappa shape index (κ3) is 2.30. The van der Waals surface area contributed by atoms with E-state index in [0.29, 0.717) is 13.2 Å². The lowest BCUT2D eigenvalue weighted by atomic mass is 10.4. The van der Waals surface area contributed by atoms with Crippen LogP contribution in [-0.4, -0.2) is 29.7 Å². The summed E-state index contributed by atoms with van der Waals surface area (Å²) in [5.74, 6) is 0.803. The molecule has 4 nitrogen and oxygen atoms in total. The number of pyridine rings is 1. The smallest absolute Gasteiger partial charge is 0.141 e. The van der Waals surface area contributed by atoms with Crippen molar-refractivity contribution < 1.29 is 9.47 Å². The molecule has 0 unspecified atom stereocenters. The summed E-state index contributed by atoms with van der Waals surface area (Å²) in [4.78, 5) is 4.21. The van der Waals surface area contributed by atoms with Crippen LogP contribution in [0.25, 0.3) is 5.65 Å². The molecular formula is C10H11BrN2O2. The molecule has 0 fully saturated rings. The van der Waals surface area contributed by atoms with Crippen LogP contribution in [0.4, 0.5) is 0 Å². The third-order valence-corrected chi connectivity index (χ3v) is 2.58. The number of rotatable bonds is 4. The molecule has 2 aromatic heterocycles. The summed E-state index contributed by atoms with van der Waals surface area (Å²) < 4.78 is 13.2. The summed E-state index contributed by atoms with van der Waals surface area (Å²) in [6, 6.07) is 3.79. The van der Waals surface area contributed by atoms with E-state index in [-0.39, 0.29) is 0 Å². The largest absolute Gasteiger partial charge is 0.491 e. The summed E-state index contributed by atoms with van der Waals surface area (Å²) in [6.07, 6.45) is 3.67. The van der Waals surface area contributed by atoms with Crippen molar-refractivity contribution in [3.8, 4) is 5.75 Å². The van der Waals surface area contributed by atoms with Gasteiger partial charge in [-0.15, -0.1) is 0 Å². The maximum absolute atomic E-state index is 5.47. The van der Waals surface area contributed by atoms with E-state index in [1.54, 1.807) is 13.3 Å². The van der Waals surface area contributed by atoms with Crippen LogP contribution in [0.5, 0.6) is 5.75 Å². The number of hydrogen-bond donors (Lipinski definition) is 0. The standard InChI is InChI=1S/C10H11BrN2O2/c1-14-4-5-15-8-2-3-13-9(11)7-12-10(13)6-8/h2-3,6-7H,4-5H2,1H3. The van der Waals surface area contributed by atoms with Crippen LogP contribution in [0.15, 0.2) is 29.1 Å². The minimum Gasteiger partial charge on any atom is -0.491 e. The van der Waals surface area contributed by atoms with Gasteiger partial charge in [0.1, 0.15) is 22.6 Å². The first kappa shape index (κ1) is 10.4. The van der Waals surface area contributed by atoms with Gasteiger partial charge in [0.25, 0.3) is 0 Å². The Kier molecular flexibility index (Phi) is 3.23. The van der Waals surface area contributed by atoms with Gasteiger partial charge in [-0.1, -0.05) is 0 Å². The molecular weight excluding hydrogens is 260 g/mol. The number of nitrogens with zero attached hydrogens (tertiary/aromatic N) is 2. The van der Waals surface area contributed by atoms with Crippen LogP contribution >= 0.6 is 15.9 Å². The second-order valence-corrected chi connectivity index (χ2v) is 3.83. The molecule has 0 aliphatic carbocycles. The van der Waals surface area contributed by atoms with Gasteiger partial charge >= 0.3 is 0 Å². The fourth-order valence-corrected chi connectivity index (χ4v) is 1.67. The van der Waals surface area contributed by atoms with Gasteiger partial charge in [0.2, 0.25) is 0 Å². The van der Waals surface area contributed by atoms with Crippen LogP contribution in [0, 0.1) is 0 Å². The van der Waals surface area contributed by atoms with Crippen molar-refractivity contribution in [2.45, 2.75) is 0 Å². The molecule has 2 rings (SSSR count). The van der Waals surface area contributed by atoms with Crippen LogP contribution < -0.4 is 4.74 Å². The first-order chi connectivity index (χ1) is 7.31. The Morgan fingerprint density at radius 3 is 3.13 bits per heavy atom. The molecule has 80 valence electrons.